The molecule has 15 atom stereocenters. The largest absolute Gasteiger partial charge is 0.481 e. The number of carbonyl (C=O) groups is 2. The number of hydrogen-bond acceptors (Lipinski definition) is 5. The number of carboxylic acid groups (broad SMARTS) is 1. The number of nitrogens with one attached hydrogen (secondary N) is 1. The minimum Gasteiger partial charge on any atom is -0.481 e. The summed E-state index contributed by atoms with van der Waals surface area (Å²) >= 11 is 0. The number of carboxylic acids is 1. The van der Waals surface area contributed by atoms with Gasteiger partial charge in [-0.15, -0.1) is 0 Å². The fourth-order valence-electron chi connectivity index (χ4n) is 11.8. The van der Waals surface area contributed by atoms with Gasteiger partial charge in [-0.05, 0) is 135 Å². The van der Waals surface area contributed by atoms with Crippen molar-refractivity contribution in [2.75, 3.05) is 6.61 Å². The summed E-state index contributed by atoms with van der Waals surface area (Å²) in [6.45, 7) is 20.5. The van der Waals surface area contributed by atoms with Crippen LogP contribution in [0.2, 0.25) is 0 Å². The molecule has 1 saturated heterocycles. The summed E-state index contributed by atoms with van der Waals surface area (Å²) in [4.78, 5) is 27.7. The highest BCUT2D eigenvalue weighted by Crippen LogP contribution is 2.72. The molecule has 42 heavy (non-hydrogen) atoms. The predicted octanol–water partition coefficient (Wildman–Crippen LogP) is 7.55. The number of fused-ring (bicyclic) bond motifs is 7. The maximum Gasteiger partial charge on any atom is 0.303 e. The fourth-order valence-corrected chi connectivity index (χ4v) is 11.8. The third-order valence-electron chi connectivity index (χ3n) is 14.4. The van der Waals surface area contributed by atoms with Crippen LogP contribution in [0.1, 0.15) is 120 Å². The van der Waals surface area contributed by atoms with Crippen molar-refractivity contribution in [2.24, 2.45) is 70.0 Å². The number of hydroxylamine groups is 1. The Kier molecular flexibility index (Phi) is 9.32. The molecule has 0 aromatic rings. The van der Waals surface area contributed by atoms with E-state index in [0.717, 1.165) is 54.6 Å². The van der Waals surface area contributed by atoms with Gasteiger partial charge in [0.15, 0.2) is 0 Å². The van der Waals surface area contributed by atoms with Gasteiger partial charge in [0.05, 0.1) is 24.4 Å². The summed E-state index contributed by atoms with van der Waals surface area (Å²) < 4.78 is 7.20. The van der Waals surface area contributed by atoms with E-state index in [1.165, 1.54) is 38.5 Å². The Morgan fingerprint density at radius 2 is 1.79 bits per heavy atom. The van der Waals surface area contributed by atoms with E-state index in [9.17, 15) is 9.59 Å². The van der Waals surface area contributed by atoms with E-state index in [4.69, 9.17) is 14.7 Å². The number of hydrogen-bond donors (Lipinski definition) is 2. The molecule has 2 N–H and O–H groups in total. The Labute approximate surface area is 255 Å². The molecule has 0 bridgehead atoms. The van der Waals surface area contributed by atoms with Crippen LogP contribution in [0, 0.1) is 70.0 Å². The van der Waals surface area contributed by atoms with Crippen molar-refractivity contribution < 1.29 is 24.3 Å². The predicted molar refractivity (Wildman–Crippen MR) is 166 cm³/mol. The molecule has 5 fully saturated rings. The molecule has 5 rings (SSSR count). The molecule has 240 valence electrons. The minimum absolute atomic E-state index is 0.0524. The topological polar surface area (TPSA) is 84.9 Å². The van der Waals surface area contributed by atoms with Crippen molar-refractivity contribution in [3.8, 4) is 0 Å². The zero-order valence-electron chi connectivity index (χ0n) is 27.9. The quantitative estimate of drug-likeness (QED) is 0.192. The van der Waals surface area contributed by atoms with Crippen LogP contribution in [-0.4, -0.2) is 41.7 Å². The van der Waals surface area contributed by atoms with Gasteiger partial charge in [-0.25, -0.2) is 0 Å². The highest BCUT2D eigenvalue weighted by Gasteiger charge is 2.70. The van der Waals surface area contributed by atoms with Crippen LogP contribution in [0.5, 0.6) is 0 Å². The van der Waals surface area contributed by atoms with Gasteiger partial charge in [-0.3, -0.25) is 4.79 Å². The van der Waals surface area contributed by atoms with E-state index in [2.05, 4.69) is 60.9 Å². The SMILES string of the molecule is CC(CC[C@@]1(C)OC2C(C)C3C4CCC5CC(C)C(C)CC5(C)C4CCC3(C)C2C1C)CON[C@@H](C=O)CCC(=O)O. The third kappa shape index (κ3) is 5.53. The second kappa shape index (κ2) is 12.1. The third-order valence-corrected chi connectivity index (χ3v) is 14.4. The summed E-state index contributed by atoms with van der Waals surface area (Å²) in [6.07, 6.45) is 11.8. The molecule has 0 aromatic carbocycles. The Morgan fingerprint density at radius 3 is 2.48 bits per heavy atom. The normalized spacial score (nSPS) is 49.3. The van der Waals surface area contributed by atoms with Gasteiger partial charge in [-0.2, -0.15) is 5.48 Å². The van der Waals surface area contributed by atoms with E-state index >= 15 is 0 Å². The van der Waals surface area contributed by atoms with Gasteiger partial charge in [0.2, 0.25) is 0 Å². The Bertz CT molecular complexity index is 988. The Hall–Kier alpha value is -0.980. The van der Waals surface area contributed by atoms with Crippen LogP contribution in [-0.2, 0) is 19.2 Å². The summed E-state index contributed by atoms with van der Waals surface area (Å²) in [7, 11) is 0. The highest BCUT2D eigenvalue weighted by atomic mass is 16.6. The average Bonchev–Trinajstić information content (AvgIpc) is 3.33. The lowest BCUT2D eigenvalue weighted by Gasteiger charge is -2.62. The zero-order valence-corrected chi connectivity index (χ0v) is 27.9. The summed E-state index contributed by atoms with van der Waals surface area (Å²) in [5.74, 6) is 6.40. The molecule has 1 aliphatic heterocycles. The lowest BCUT2D eigenvalue weighted by molar-refractivity contribution is -0.144. The molecule has 0 amide bonds. The number of aliphatic carboxylic acids is 1. The van der Waals surface area contributed by atoms with Crippen LogP contribution < -0.4 is 5.48 Å². The number of aldehydes is 1. The van der Waals surface area contributed by atoms with Gasteiger partial charge in [0.1, 0.15) is 6.29 Å². The van der Waals surface area contributed by atoms with Crippen molar-refractivity contribution in [3.63, 3.8) is 0 Å². The van der Waals surface area contributed by atoms with Gasteiger partial charge < -0.3 is 19.5 Å². The van der Waals surface area contributed by atoms with Crippen molar-refractivity contribution >= 4 is 12.3 Å². The highest BCUT2D eigenvalue weighted by molar-refractivity contribution is 5.68. The Balaban J connectivity index is 1.20. The van der Waals surface area contributed by atoms with Crippen molar-refractivity contribution in [1.82, 2.24) is 5.48 Å². The molecular weight excluding hydrogens is 526 g/mol. The van der Waals surface area contributed by atoms with E-state index in [1.54, 1.807) is 0 Å². The lowest BCUT2D eigenvalue weighted by atomic mass is 9.42. The standard InChI is InChI=1S/C36H61NO5/c1-21(20-41-37-27(19-38)10-12-30(39)40)13-16-36(8)25(5)32-33(42-36)24(4)31-28-11-9-26-17-22(2)23(3)18-35(26,7)29(28)14-15-34(31,32)6/h19,21-29,31-33,37H,9-18,20H2,1-8H3,(H,39,40)/t21?,22?,23?,24?,25?,26?,27-,28?,29?,31?,32?,33?,34?,35?,36-/m1/s1. The maximum atomic E-state index is 11.2. The second-order valence-electron chi connectivity index (χ2n) is 16.8. The fraction of sp³-hybridized carbons (Fsp3) is 0.944. The molecule has 6 heteroatoms. The summed E-state index contributed by atoms with van der Waals surface area (Å²) in [5, 5.41) is 8.87. The number of ether oxygens (including phenoxy) is 1. The van der Waals surface area contributed by atoms with E-state index < -0.39 is 12.0 Å². The van der Waals surface area contributed by atoms with Gasteiger partial charge in [-0.1, -0.05) is 48.5 Å². The van der Waals surface area contributed by atoms with Gasteiger partial charge >= 0.3 is 5.97 Å². The van der Waals surface area contributed by atoms with Crippen molar-refractivity contribution in [3.05, 3.63) is 0 Å². The monoisotopic (exact) mass is 587 g/mol. The van der Waals surface area contributed by atoms with E-state index in [0.29, 0.717) is 47.2 Å². The smallest absolute Gasteiger partial charge is 0.303 e. The zero-order chi connectivity index (χ0) is 30.6. The van der Waals surface area contributed by atoms with Crippen molar-refractivity contribution in [1.29, 1.82) is 0 Å². The first-order valence-corrected chi connectivity index (χ1v) is 17.5. The van der Waals surface area contributed by atoms with Crippen LogP contribution in [0.25, 0.3) is 0 Å². The van der Waals surface area contributed by atoms with Crippen LogP contribution in [0.3, 0.4) is 0 Å². The van der Waals surface area contributed by atoms with Gasteiger partial charge in [0.25, 0.3) is 0 Å². The average molecular weight is 588 g/mol. The van der Waals surface area contributed by atoms with E-state index in [-0.39, 0.29) is 18.4 Å². The molecule has 4 saturated carbocycles. The summed E-state index contributed by atoms with van der Waals surface area (Å²) in [5.41, 5.74) is 3.54. The molecule has 4 aliphatic carbocycles. The minimum atomic E-state index is -0.904. The molecule has 0 aromatic heterocycles. The first-order chi connectivity index (χ1) is 19.7. The molecular formula is C36H61NO5. The molecule has 0 radical (unpaired) electrons. The number of carbonyl (C=O) groups excluding carboxylic acids is 1. The Morgan fingerprint density at radius 1 is 1.05 bits per heavy atom. The molecule has 6 nitrogen and oxygen atoms in total. The first-order valence-electron chi connectivity index (χ1n) is 17.5. The van der Waals surface area contributed by atoms with Crippen molar-refractivity contribution in [2.45, 2.75) is 137 Å². The summed E-state index contributed by atoms with van der Waals surface area (Å²) in [6, 6.07) is -0.587. The van der Waals surface area contributed by atoms with Crippen LogP contribution in [0.4, 0.5) is 0 Å². The maximum absolute atomic E-state index is 11.2. The second-order valence-corrected chi connectivity index (χ2v) is 16.8. The van der Waals surface area contributed by atoms with Crippen LogP contribution >= 0.6 is 0 Å². The molecule has 5 aliphatic rings. The molecule has 13 unspecified atom stereocenters. The lowest BCUT2D eigenvalue weighted by Crippen LogP contribution is -2.55. The van der Waals surface area contributed by atoms with E-state index in [1.807, 2.05) is 0 Å². The van der Waals surface area contributed by atoms with Gasteiger partial charge in [0, 0.05) is 6.42 Å². The molecule has 1 heterocycles. The number of rotatable bonds is 11. The first kappa shape index (κ1) is 32.4. The molecule has 0 spiro atoms. The van der Waals surface area contributed by atoms with Crippen LogP contribution in [0.15, 0.2) is 0 Å².